The highest BCUT2D eigenvalue weighted by molar-refractivity contribution is 6.35. The molecule has 0 aromatic heterocycles. The van der Waals surface area contributed by atoms with Crippen LogP contribution >= 0.6 is 46.4 Å². The van der Waals surface area contributed by atoms with E-state index >= 15 is 0 Å². The van der Waals surface area contributed by atoms with Crippen molar-refractivity contribution in [2.24, 2.45) is 5.10 Å². The Balaban J connectivity index is 1.40. The first-order valence-electron chi connectivity index (χ1n) is 13.7. The second-order valence-electron chi connectivity index (χ2n) is 9.75. The molecule has 2 N–H and O–H groups in total. The summed E-state index contributed by atoms with van der Waals surface area (Å²) in [5, 5.41) is 8.58. The van der Waals surface area contributed by atoms with Crippen LogP contribution < -0.4 is 25.0 Å². The van der Waals surface area contributed by atoms with Crippen LogP contribution in [0.4, 0.5) is 0 Å². The van der Waals surface area contributed by atoms with Gasteiger partial charge in [0.05, 0.1) is 18.3 Å². The Morgan fingerprint density at radius 2 is 1.51 bits per heavy atom. The van der Waals surface area contributed by atoms with Gasteiger partial charge in [-0.3, -0.25) is 9.59 Å². The van der Waals surface area contributed by atoms with Gasteiger partial charge in [0, 0.05) is 27.1 Å². The van der Waals surface area contributed by atoms with Gasteiger partial charge in [0.2, 0.25) is 0 Å². The Morgan fingerprint density at radius 1 is 0.822 bits per heavy atom. The number of ether oxygens (including phenoxy) is 3. The van der Waals surface area contributed by atoms with E-state index in [1.165, 1.54) is 19.4 Å². The summed E-state index contributed by atoms with van der Waals surface area (Å²) < 4.78 is 17.1. The summed E-state index contributed by atoms with van der Waals surface area (Å²) in [6.45, 7) is 1.77. The van der Waals surface area contributed by atoms with Gasteiger partial charge in [-0.15, -0.1) is 0 Å². The summed E-state index contributed by atoms with van der Waals surface area (Å²) in [7, 11) is 1.52. The molecule has 2 amide bonds. The Hall–Kier alpha value is -3.95. The third kappa shape index (κ3) is 10.0. The topological polar surface area (TPSA) is 98.2 Å². The van der Waals surface area contributed by atoms with Crippen LogP contribution in [-0.4, -0.2) is 37.3 Å². The summed E-state index contributed by atoms with van der Waals surface area (Å²) >= 11 is 24.3. The lowest BCUT2D eigenvalue weighted by atomic mass is 10.1. The number of amides is 2. The molecule has 234 valence electrons. The monoisotopic (exact) mass is 687 g/mol. The molecule has 2 atom stereocenters. The van der Waals surface area contributed by atoms with E-state index in [9.17, 15) is 9.59 Å². The van der Waals surface area contributed by atoms with Gasteiger partial charge in [0.15, 0.2) is 17.6 Å². The minimum atomic E-state index is -0.956. The zero-order valence-electron chi connectivity index (χ0n) is 24.2. The molecular formula is C33H29Cl4N3O5. The van der Waals surface area contributed by atoms with E-state index in [-0.39, 0.29) is 23.8 Å². The maximum Gasteiger partial charge on any atom is 0.262 e. The number of benzene rings is 4. The molecule has 0 saturated heterocycles. The number of hydrazone groups is 1. The van der Waals surface area contributed by atoms with E-state index in [4.69, 9.17) is 60.6 Å². The SMILES string of the molecule is COc1cc(/C=N\NC(=O)[C@@H](Cc2ccccc2)NC(=O)[C@H](C)Oc2ccc(Cl)cc2Cl)ccc1OCc1ccc(Cl)cc1Cl. The maximum atomic E-state index is 13.2. The number of carbonyl (C=O) groups is 2. The molecule has 4 aromatic rings. The van der Waals surface area contributed by atoms with E-state index < -0.39 is 24.0 Å². The lowest BCUT2D eigenvalue weighted by Gasteiger charge is -2.21. The molecule has 0 radical (unpaired) electrons. The Bertz CT molecular complexity index is 1670. The van der Waals surface area contributed by atoms with Crippen LogP contribution in [0.2, 0.25) is 20.1 Å². The summed E-state index contributed by atoms with van der Waals surface area (Å²) in [6, 6.07) is 23.4. The van der Waals surface area contributed by atoms with E-state index in [0.29, 0.717) is 32.1 Å². The van der Waals surface area contributed by atoms with Crippen molar-refractivity contribution in [1.82, 2.24) is 10.7 Å². The Labute approximate surface area is 281 Å². The quantitative estimate of drug-likeness (QED) is 0.112. The molecule has 4 aromatic carbocycles. The van der Waals surface area contributed by atoms with Crippen LogP contribution in [0.15, 0.2) is 90.0 Å². The van der Waals surface area contributed by atoms with Gasteiger partial charge < -0.3 is 19.5 Å². The number of methoxy groups -OCH3 is 1. The molecule has 0 heterocycles. The average molecular weight is 689 g/mol. The highest BCUT2D eigenvalue weighted by Crippen LogP contribution is 2.30. The minimum absolute atomic E-state index is 0.209. The van der Waals surface area contributed by atoms with Gasteiger partial charge in [-0.25, -0.2) is 5.43 Å². The fourth-order valence-corrected chi connectivity index (χ4v) is 5.01. The van der Waals surface area contributed by atoms with Crippen LogP contribution in [0.1, 0.15) is 23.6 Å². The number of rotatable bonds is 13. The van der Waals surface area contributed by atoms with E-state index in [1.807, 2.05) is 30.3 Å². The number of hydrogen-bond acceptors (Lipinski definition) is 6. The normalized spacial score (nSPS) is 12.3. The molecule has 0 aliphatic carbocycles. The molecule has 0 aliphatic rings. The van der Waals surface area contributed by atoms with Crippen LogP contribution in [-0.2, 0) is 22.6 Å². The van der Waals surface area contributed by atoms with E-state index in [0.717, 1.165) is 11.1 Å². The number of nitrogens with one attached hydrogen (secondary N) is 2. The second kappa shape index (κ2) is 16.4. The smallest absolute Gasteiger partial charge is 0.262 e. The second-order valence-corrected chi connectivity index (χ2v) is 11.4. The third-order valence-corrected chi connectivity index (χ3v) is 7.57. The summed E-state index contributed by atoms with van der Waals surface area (Å²) in [6.07, 6.45) is 0.720. The van der Waals surface area contributed by atoms with E-state index in [1.54, 1.807) is 55.5 Å². The molecule has 0 unspecified atom stereocenters. The fraction of sp³-hybridized carbons (Fsp3) is 0.182. The molecule has 0 spiro atoms. The Kier molecular flexibility index (Phi) is 12.4. The predicted molar refractivity (Wildman–Crippen MR) is 178 cm³/mol. The maximum absolute atomic E-state index is 13.2. The standard InChI is InChI=1S/C33H29Cl4N3O5/c1-20(45-29-13-11-25(35)17-27(29)37)32(41)39-28(14-21-6-4-3-5-7-21)33(42)40-38-18-22-8-12-30(31(15-22)43-2)44-19-23-9-10-24(34)16-26(23)36/h3-13,15-18,20,28H,14,19H2,1-2H3,(H,39,41)(H,40,42)/b38-18-/t20-,28+/m0/s1. The highest BCUT2D eigenvalue weighted by Gasteiger charge is 2.25. The lowest BCUT2D eigenvalue weighted by Crippen LogP contribution is -2.50. The fourth-order valence-electron chi connectivity index (χ4n) is 4.09. The molecule has 8 nitrogen and oxygen atoms in total. The Morgan fingerprint density at radius 3 is 2.20 bits per heavy atom. The van der Waals surface area contributed by atoms with Gasteiger partial charge in [-0.1, -0.05) is 82.8 Å². The van der Waals surface area contributed by atoms with Crippen molar-refractivity contribution < 1.29 is 23.8 Å². The largest absolute Gasteiger partial charge is 0.493 e. The van der Waals surface area contributed by atoms with E-state index in [2.05, 4.69) is 15.8 Å². The van der Waals surface area contributed by atoms with Crippen LogP contribution in [0.5, 0.6) is 17.2 Å². The van der Waals surface area contributed by atoms with Gasteiger partial charge in [-0.2, -0.15) is 5.10 Å². The lowest BCUT2D eigenvalue weighted by molar-refractivity contribution is -0.132. The molecule has 4 rings (SSSR count). The number of halogens is 4. The first kappa shape index (κ1) is 33.9. The highest BCUT2D eigenvalue weighted by atomic mass is 35.5. The molecule has 0 fully saturated rings. The zero-order chi connectivity index (χ0) is 32.3. The van der Waals surface area contributed by atoms with Gasteiger partial charge in [-0.05, 0) is 66.6 Å². The molecular weight excluding hydrogens is 660 g/mol. The van der Waals surface area contributed by atoms with Crippen molar-refractivity contribution in [2.75, 3.05) is 7.11 Å². The van der Waals surface area contributed by atoms with Crippen molar-refractivity contribution in [2.45, 2.75) is 32.1 Å². The summed E-state index contributed by atoms with van der Waals surface area (Å²) in [5.41, 5.74) is 4.76. The number of hydrogen-bond donors (Lipinski definition) is 2. The van der Waals surface area contributed by atoms with Gasteiger partial charge in [0.1, 0.15) is 18.4 Å². The zero-order valence-corrected chi connectivity index (χ0v) is 27.3. The molecule has 0 aliphatic heterocycles. The molecule has 0 bridgehead atoms. The predicted octanol–water partition coefficient (Wildman–Crippen LogP) is 7.53. The van der Waals surface area contributed by atoms with Crippen molar-refractivity contribution >= 4 is 64.4 Å². The van der Waals surface area contributed by atoms with Crippen LogP contribution in [0.3, 0.4) is 0 Å². The molecule has 12 heteroatoms. The minimum Gasteiger partial charge on any atom is -0.493 e. The van der Waals surface area contributed by atoms with Crippen molar-refractivity contribution in [3.63, 3.8) is 0 Å². The average Bonchev–Trinajstić information content (AvgIpc) is 3.02. The molecule has 0 saturated carbocycles. The number of nitrogens with zero attached hydrogens (tertiary/aromatic N) is 1. The molecule has 45 heavy (non-hydrogen) atoms. The van der Waals surface area contributed by atoms with Crippen molar-refractivity contribution in [3.05, 3.63) is 122 Å². The first-order valence-corrected chi connectivity index (χ1v) is 15.2. The first-order chi connectivity index (χ1) is 21.6. The third-order valence-electron chi connectivity index (χ3n) is 6.46. The van der Waals surface area contributed by atoms with Crippen LogP contribution in [0, 0.1) is 0 Å². The van der Waals surface area contributed by atoms with Gasteiger partial charge >= 0.3 is 0 Å². The van der Waals surface area contributed by atoms with Gasteiger partial charge in [0.25, 0.3) is 11.8 Å². The summed E-state index contributed by atoms with van der Waals surface area (Å²) in [5.74, 6) is 0.206. The van der Waals surface area contributed by atoms with Crippen molar-refractivity contribution in [1.29, 1.82) is 0 Å². The van der Waals surface area contributed by atoms with Crippen LogP contribution in [0.25, 0.3) is 0 Å². The summed E-state index contributed by atoms with van der Waals surface area (Å²) in [4.78, 5) is 26.3. The number of carbonyl (C=O) groups excluding carboxylic acids is 2. The van der Waals surface area contributed by atoms with Crippen molar-refractivity contribution in [3.8, 4) is 17.2 Å².